The second-order valence-corrected chi connectivity index (χ2v) is 7.42. The predicted molar refractivity (Wildman–Crippen MR) is 95.2 cm³/mol. The molecule has 2 aromatic rings. The molecule has 1 saturated heterocycles. The van der Waals surface area contributed by atoms with Gasteiger partial charge < -0.3 is 14.7 Å². The summed E-state index contributed by atoms with van der Waals surface area (Å²) in [5.41, 5.74) is -0.748. The summed E-state index contributed by atoms with van der Waals surface area (Å²) in [4.78, 5) is 19.7. The first kappa shape index (κ1) is 21.0. The maximum atomic E-state index is 12.9. The molecular weight excluding hydrogens is 391 g/mol. The number of halogens is 3. The fourth-order valence-corrected chi connectivity index (χ4v) is 3.05. The van der Waals surface area contributed by atoms with Gasteiger partial charge in [-0.15, -0.1) is 0 Å². The standard InChI is InChI=1S/C18H22F3N5O3/c1-17(2,28)14-9-23-26(24-14)12-5-4-8-25(10-12)16(27)13-6-3-7-22-15(13)29-11-18(19,20)21/h3,6-7,9,12,28H,4-5,8,10-11H2,1-2H3. The fourth-order valence-electron chi connectivity index (χ4n) is 3.05. The molecule has 0 aliphatic carbocycles. The number of pyridine rings is 1. The number of carbonyl (C=O) groups is 1. The number of alkyl halides is 3. The molecule has 29 heavy (non-hydrogen) atoms. The topological polar surface area (TPSA) is 93.4 Å². The van der Waals surface area contributed by atoms with Gasteiger partial charge in [0.2, 0.25) is 5.88 Å². The largest absolute Gasteiger partial charge is 0.467 e. The first-order chi connectivity index (χ1) is 13.5. The van der Waals surface area contributed by atoms with Crippen LogP contribution in [0.3, 0.4) is 0 Å². The highest BCUT2D eigenvalue weighted by molar-refractivity contribution is 5.96. The van der Waals surface area contributed by atoms with Crippen LogP contribution in [0.5, 0.6) is 5.88 Å². The number of hydrogen-bond donors (Lipinski definition) is 1. The predicted octanol–water partition coefficient (Wildman–Crippen LogP) is 2.32. The third-order valence-electron chi connectivity index (χ3n) is 4.52. The normalized spacial score (nSPS) is 18.0. The van der Waals surface area contributed by atoms with Gasteiger partial charge in [0.05, 0.1) is 12.2 Å². The average molecular weight is 413 g/mol. The van der Waals surface area contributed by atoms with Gasteiger partial charge in [-0.3, -0.25) is 4.79 Å². The zero-order chi connectivity index (χ0) is 21.2. The summed E-state index contributed by atoms with van der Waals surface area (Å²) in [5.74, 6) is -0.812. The highest BCUT2D eigenvalue weighted by Crippen LogP contribution is 2.26. The molecule has 1 N–H and O–H groups in total. The Morgan fingerprint density at radius 1 is 1.38 bits per heavy atom. The maximum absolute atomic E-state index is 12.9. The van der Waals surface area contributed by atoms with Gasteiger partial charge in [0.25, 0.3) is 5.91 Å². The van der Waals surface area contributed by atoms with Gasteiger partial charge in [-0.25, -0.2) is 4.98 Å². The van der Waals surface area contributed by atoms with Gasteiger partial charge in [0.15, 0.2) is 6.61 Å². The average Bonchev–Trinajstić information content (AvgIpc) is 3.16. The number of ether oxygens (including phenoxy) is 1. The van der Waals surface area contributed by atoms with Crippen molar-refractivity contribution < 1.29 is 27.8 Å². The van der Waals surface area contributed by atoms with Crippen LogP contribution in [0.15, 0.2) is 24.5 Å². The van der Waals surface area contributed by atoms with Crippen molar-refractivity contribution >= 4 is 5.91 Å². The van der Waals surface area contributed by atoms with E-state index in [0.29, 0.717) is 18.7 Å². The lowest BCUT2D eigenvalue weighted by Crippen LogP contribution is -2.41. The van der Waals surface area contributed by atoms with Crippen molar-refractivity contribution in [2.24, 2.45) is 0 Å². The zero-order valence-corrected chi connectivity index (χ0v) is 16.1. The van der Waals surface area contributed by atoms with Crippen molar-refractivity contribution in [2.75, 3.05) is 19.7 Å². The van der Waals surface area contributed by atoms with Crippen LogP contribution >= 0.6 is 0 Å². The number of aliphatic hydroxyl groups is 1. The van der Waals surface area contributed by atoms with E-state index >= 15 is 0 Å². The molecule has 0 radical (unpaired) electrons. The Kier molecular flexibility index (Phi) is 5.78. The summed E-state index contributed by atoms with van der Waals surface area (Å²) in [6, 6.07) is 2.66. The first-order valence-electron chi connectivity index (χ1n) is 9.13. The smallest absolute Gasteiger partial charge is 0.422 e. The fraction of sp³-hybridized carbons (Fsp3) is 0.556. The lowest BCUT2D eigenvalue weighted by molar-refractivity contribution is -0.154. The molecule has 11 heteroatoms. The number of carbonyl (C=O) groups excluding carboxylic acids is 1. The number of nitrogens with zero attached hydrogens (tertiary/aromatic N) is 5. The monoisotopic (exact) mass is 413 g/mol. The quantitative estimate of drug-likeness (QED) is 0.809. The second kappa shape index (κ2) is 7.97. The van der Waals surface area contributed by atoms with Crippen molar-refractivity contribution in [3.05, 3.63) is 35.8 Å². The van der Waals surface area contributed by atoms with Crippen LogP contribution < -0.4 is 4.74 Å². The van der Waals surface area contributed by atoms with E-state index in [1.165, 1.54) is 34.2 Å². The Labute approximate surface area is 165 Å². The number of piperidine rings is 1. The lowest BCUT2D eigenvalue weighted by Gasteiger charge is -2.32. The highest BCUT2D eigenvalue weighted by atomic mass is 19.4. The van der Waals surface area contributed by atoms with Gasteiger partial charge >= 0.3 is 6.18 Å². The Bertz CT molecular complexity index is 863. The van der Waals surface area contributed by atoms with Crippen LogP contribution in [-0.2, 0) is 5.60 Å². The van der Waals surface area contributed by atoms with Gasteiger partial charge in [-0.2, -0.15) is 28.2 Å². The van der Waals surface area contributed by atoms with Crippen molar-refractivity contribution in [3.8, 4) is 5.88 Å². The van der Waals surface area contributed by atoms with Crippen LogP contribution in [0.4, 0.5) is 13.2 Å². The number of amides is 1. The molecule has 158 valence electrons. The third kappa shape index (κ3) is 5.22. The summed E-state index contributed by atoms with van der Waals surface area (Å²) in [5, 5.41) is 18.5. The molecule has 0 spiro atoms. The molecule has 0 bridgehead atoms. The summed E-state index contributed by atoms with van der Waals surface area (Å²) >= 11 is 0. The van der Waals surface area contributed by atoms with Gasteiger partial charge in [0.1, 0.15) is 16.9 Å². The van der Waals surface area contributed by atoms with Crippen molar-refractivity contribution in [1.29, 1.82) is 0 Å². The molecule has 0 saturated carbocycles. The van der Waals surface area contributed by atoms with Gasteiger partial charge in [0, 0.05) is 19.3 Å². The van der Waals surface area contributed by atoms with E-state index < -0.39 is 24.3 Å². The van der Waals surface area contributed by atoms with E-state index in [1.54, 1.807) is 13.8 Å². The minimum absolute atomic E-state index is 0.0250. The molecule has 1 aliphatic rings. The van der Waals surface area contributed by atoms with Crippen molar-refractivity contribution in [2.45, 2.75) is 44.5 Å². The molecule has 1 amide bonds. The molecule has 1 fully saturated rings. The Balaban J connectivity index is 1.74. The van der Waals surface area contributed by atoms with Crippen molar-refractivity contribution in [1.82, 2.24) is 24.9 Å². The van der Waals surface area contributed by atoms with Gasteiger partial charge in [-0.1, -0.05) is 0 Å². The van der Waals surface area contributed by atoms with E-state index in [9.17, 15) is 23.1 Å². The van der Waals surface area contributed by atoms with Crippen LogP contribution in [0.25, 0.3) is 0 Å². The molecule has 1 unspecified atom stereocenters. The maximum Gasteiger partial charge on any atom is 0.422 e. The molecule has 2 aromatic heterocycles. The van der Waals surface area contributed by atoms with Crippen LogP contribution in [0, 0.1) is 0 Å². The minimum atomic E-state index is -4.53. The Hall–Kier alpha value is -2.69. The van der Waals surface area contributed by atoms with E-state index in [0.717, 1.165) is 6.42 Å². The number of likely N-dealkylation sites (tertiary alicyclic amines) is 1. The molecule has 1 atom stereocenters. The SMILES string of the molecule is CC(C)(O)c1cnn(C2CCCN(C(=O)c3cccnc3OCC(F)(F)F)C2)n1. The van der Waals surface area contributed by atoms with Crippen LogP contribution in [0.1, 0.15) is 48.8 Å². The molecule has 3 heterocycles. The van der Waals surface area contributed by atoms with E-state index in [1.807, 2.05) is 0 Å². The van der Waals surface area contributed by atoms with Crippen LogP contribution in [-0.4, -0.2) is 61.8 Å². The number of aromatic nitrogens is 4. The number of rotatable bonds is 5. The number of hydrogen-bond acceptors (Lipinski definition) is 6. The van der Waals surface area contributed by atoms with E-state index in [-0.39, 0.29) is 24.0 Å². The molecule has 1 aliphatic heterocycles. The van der Waals surface area contributed by atoms with Crippen molar-refractivity contribution in [3.63, 3.8) is 0 Å². The molecule has 8 nitrogen and oxygen atoms in total. The minimum Gasteiger partial charge on any atom is -0.467 e. The molecule has 0 aromatic carbocycles. The summed E-state index contributed by atoms with van der Waals surface area (Å²) in [7, 11) is 0. The zero-order valence-electron chi connectivity index (χ0n) is 16.1. The molecule has 3 rings (SSSR count). The first-order valence-corrected chi connectivity index (χ1v) is 9.13. The Morgan fingerprint density at radius 2 is 2.14 bits per heavy atom. The molecular formula is C18H22F3N5O3. The van der Waals surface area contributed by atoms with Crippen LogP contribution in [0.2, 0.25) is 0 Å². The summed E-state index contributed by atoms with van der Waals surface area (Å²) in [6.07, 6.45) is -0.376. The Morgan fingerprint density at radius 3 is 2.79 bits per heavy atom. The summed E-state index contributed by atoms with van der Waals surface area (Å²) < 4.78 is 42.1. The van der Waals surface area contributed by atoms with Gasteiger partial charge in [-0.05, 0) is 38.8 Å². The second-order valence-electron chi connectivity index (χ2n) is 7.42. The lowest BCUT2D eigenvalue weighted by atomic mass is 10.1. The van der Waals surface area contributed by atoms with E-state index in [2.05, 4.69) is 15.2 Å². The third-order valence-corrected chi connectivity index (χ3v) is 4.52. The van der Waals surface area contributed by atoms with E-state index in [4.69, 9.17) is 4.74 Å². The summed E-state index contributed by atoms with van der Waals surface area (Å²) in [6.45, 7) is 2.41. The highest BCUT2D eigenvalue weighted by Gasteiger charge is 2.32.